The van der Waals surface area contributed by atoms with Gasteiger partial charge in [-0.2, -0.15) is 18.3 Å². The molecule has 2 aromatic heterocycles. The Morgan fingerprint density at radius 1 is 1.22 bits per heavy atom. The highest BCUT2D eigenvalue weighted by Crippen LogP contribution is 2.26. The molecule has 0 bridgehead atoms. The molecule has 1 aliphatic rings. The van der Waals surface area contributed by atoms with Gasteiger partial charge >= 0.3 is 6.18 Å². The molecule has 146 valence electrons. The lowest BCUT2D eigenvalue weighted by molar-refractivity contribution is -0.140. The number of rotatable bonds is 5. The lowest BCUT2D eigenvalue weighted by Crippen LogP contribution is -2.46. The molecule has 1 aliphatic heterocycles. The maximum atomic E-state index is 12.9. The number of nitrogens with zero attached hydrogens (tertiary/aromatic N) is 4. The molecule has 1 saturated heterocycles. The maximum absolute atomic E-state index is 12.9. The second-order valence-corrected chi connectivity index (χ2v) is 6.65. The molecule has 1 amide bonds. The Kier molecular flexibility index (Phi) is 5.67. The summed E-state index contributed by atoms with van der Waals surface area (Å²) in [5.41, 5.74) is -2.45. The van der Waals surface area contributed by atoms with Gasteiger partial charge in [0.2, 0.25) is 5.91 Å². The van der Waals surface area contributed by atoms with E-state index in [0.29, 0.717) is 19.5 Å². The zero-order valence-corrected chi connectivity index (χ0v) is 14.7. The quantitative estimate of drug-likeness (QED) is 0.799. The van der Waals surface area contributed by atoms with Crippen LogP contribution in [0.25, 0.3) is 0 Å². The Balaban J connectivity index is 1.71. The van der Waals surface area contributed by atoms with Crippen molar-refractivity contribution >= 4 is 5.91 Å². The molecule has 1 fully saturated rings. The number of amides is 1. The van der Waals surface area contributed by atoms with Gasteiger partial charge < -0.3 is 9.47 Å². The third-order valence-corrected chi connectivity index (χ3v) is 4.83. The topological polar surface area (TPSA) is 60.1 Å². The van der Waals surface area contributed by atoms with Crippen molar-refractivity contribution < 1.29 is 18.0 Å². The van der Waals surface area contributed by atoms with E-state index in [1.165, 1.54) is 6.20 Å². The van der Waals surface area contributed by atoms with E-state index in [1.807, 2.05) is 12.3 Å². The first kappa shape index (κ1) is 19.2. The zero-order chi connectivity index (χ0) is 19.4. The molecule has 0 aliphatic carbocycles. The number of halogens is 3. The van der Waals surface area contributed by atoms with Gasteiger partial charge in [0.1, 0.15) is 12.1 Å². The Hall–Kier alpha value is -2.58. The van der Waals surface area contributed by atoms with Crippen molar-refractivity contribution in [1.29, 1.82) is 0 Å². The van der Waals surface area contributed by atoms with Gasteiger partial charge in [-0.25, -0.2) is 0 Å². The van der Waals surface area contributed by atoms with E-state index in [1.54, 1.807) is 15.8 Å². The van der Waals surface area contributed by atoms with Gasteiger partial charge in [-0.15, -0.1) is 0 Å². The molecular weight excluding hydrogens is 361 g/mol. The highest BCUT2D eigenvalue weighted by Gasteiger charge is 2.34. The summed E-state index contributed by atoms with van der Waals surface area (Å²) >= 11 is 0. The van der Waals surface area contributed by atoms with Crippen molar-refractivity contribution in [2.45, 2.75) is 51.0 Å². The van der Waals surface area contributed by atoms with Crippen molar-refractivity contribution in [2.75, 3.05) is 6.54 Å². The SMILES string of the molecule is O=C(Cn1cccc(C(F)(F)F)c1=O)N1CCCC[C@H]1CCn1cccn1. The summed E-state index contributed by atoms with van der Waals surface area (Å²) in [6, 6.07) is 3.70. The van der Waals surface area contributed by atoms with Gasteiger partial charge in [0.05, 0.1) is 0 Å². The molecule has 6 nitrogen and oxygen atoms in total. The molecule has 0 aromatic carbocycles. The smallest absolute Gasteiger partial charge is 0.338 e. The fourth-order valence-corrected chi connectivity index (χ4v) is 3.46. The largest absolute Gasteiger partial charge is 0.421 e. The lowest BCUT2D eigenvalue weighted by Gasteiger charge is -2.36. The van der Waals surface area contributed by atoms with Crippen molar-refractivity contribution in [3.63, 3.8) is 0 Å². The van der Waals surface area contributed by atoms with E-state index in [4.69, 9.17) is 0 Å². The number of likely N-dealkylation sites (tertiary alicyclic amines) is 1. The molecule has 2 aromatic rings. The van der Waals surface area contributed by atoms with E-state index >= 15 is 0 Å². The predicted octanol–water partition coefficient (Wildman–Crippen LogP) is 2.54. The molecule has 3 rings (SSSR count). The van der Waals surface area contributed by atoms with Crippen LogP contribution in [0.5, 0.6) is 0 Å². The van der Waals surface area contributed by atoms with Gasteiger partial charge in [0.15, 0.2) is 0 Å². The maximum Gasteiger partial charge on any atom is 0.421 e. The van der Waals surface area contributed by atoms with Crippen LogP contribution in [-0.4, -0.2) is 37.7 Å². The standard InChI is InChI=1S/C18H21F3N4O2/c19-18(20,21)15-6-3-9-23(17(15)27)13-16(26)25-11-2-1-5-14(25)7-12-24-10-4-8-22-24/h3-4,6,8-10,14H,1-2,5,7,11-13H2/t14-/m0/s1. The first-order chi connectivity index (χ1) is 12.9. The number of hydrogen-bond donors (Lipinski definition) is 0. The molecule has 0 saturated carbocycles. The Morgan fingerprint density at radius 2 is 2.04 bits per heavy atom. The van der Waals surface area contributed by atoms with Crippen LogP contribution in [0.2, 0.25) is 0 Å². The number of piperidine rings is 1. The van der Waals surface area contributed by atoms with E-state index in [9.17, 15) is 22.8 Å². The minimum atomic E-state index is -4.74. The van der Waals surface area contributed by atoms with Crippen molar-refractivity contribution in [3.05, 3.63) is 52.7 Å². The molecule has 0 unspecified atom stereocenters. The molecular formula is C18H21F3N4O2. The number of aromatic nitrogens is 3. The number of alkyl halides is 3. The van der Waals surface area contributed by atoms with E-state index in [0.717, 1.165) is 36.0 Å². The van der Waals surface area contributed by atoms with Crippen LogP contribution in [0.3, 0.4) is 0 Å². The highest BCUT2D eigenvalue weighted by molar-refractivity contribution is 5.76. The summed E-state index contributed by atoms with van der Waals surface area (Å²) in [6.07, 6.45) is 3.41. The fraction of sp³-hybridized carbons (Fsp3) is 0.500. The summed E-state index contributed by atoms with van der Waals surface area (Å²) in [5, 5.41) is 4.14. The first-order valence-electron chi connectivity index (χ1n) is 8.90. The van der Waals surface area contributed by atoms with Crippen LogP contribution in [0, 0.1) is 0 Å². The van der Waals surface area contributed by atoms with E-state index in [-0.39, 0.29) is 18.5 Å². The van der Waals surface area contributed by atoms with Crippen LogP contribution in [0.1, 0.15) is 31.2 Å². The van der Waals surface area contributed by atoms with Gasteiger partial charge in [0, 0.05) is 37.7 Å². The van der Waals surface area contributed by atoms with Crippen LogP contribution < -0.4 is 5.56 Å². The summed E-state index contributed by atoms with van der Waals surface area (Å²) < 4.78 is 41.3. The summed E-state index contributed by atoms with van der Waals surface area (Å²) in [4.78, 5) is 26.5. The summed E-state index contributed by atoms with van der Waals surface area (Å²) in [5.74, 6) is -0.332. The first-order valence-corrected chi connectivity index (χ1v) is 8.90. The lowest BCUT2D eigenvalue weighted by atomic mass is 9.99. The molecule has 3 heterocycles. The molecule has 1 atom stereocenters. The second kappa shape index (κ2) is 7.98. The van der Waals surface area contributed by atoms with E-state index < -0.39 is 17.3 Å². The summed E-state index contributed by atoms with van der Waals surface area (Å²) in [6.45, 7) is 0.822. The number of carbonyl (C=O) groups is 1. The van der Waals surface area contributed by atoms with Crippen LogP contribution in [-0.2, 0) is 24.1 Å². The monoisotopic (exact) mass is 382 g/mol. The Bertz CT molecular complexity index is 830. The fourth-order valence-electron chi connectivity index (χ4n) is 3.46. The number of hydrogen-bond acceptors (Lipinski definition) is 3. The zero-order valence-electron chi connectivity index (χ0n) is 14.7. The van der Waals surface area contributed by atoms with Crippen molar-refractivity contribution in [2.24, 2.45) is 0 Å². The number of carbonyl (C=O) groups excluding carboxylic acids is 1. The molecule has 27 heavy (non-hydrogen) atoms. The Labute approximate surface area is 154 Å². The van der Waals surface area contributed by atoms with Crippen molar-refractivity contribution in [1.82, 2.24) is 19.2 Å². The highest BCUT2D eigenvalue weighted by atomic mass is 19.4. The third-order valence-electron chi connectivity index (χ3n) is 4.83. The van der Waals surface area contributed by atoms with Crippen molar-refractivity contribution in [3.8, 4) is 0 Å². The molecule has 9 heteroatoms. The normalized spacial score (nSPS) is 17.9. The Morgan fingerprint density at radius 3 is 2.74 bits per heavy atom. The third kappa shape index (κ3) is 4.58. The van der Waals surface area contributed by atoms with Gasteiger partial charge in [-0.05, 0) is 43.9 Å². The molecule has 0 N–H and O–H groups in total. The number of pyridine rings is 1. The van der Waals surface area contributed by atoms with E-state index in [2.05, 4.69) is 5.10 Å². The van der Waals surface area contributed by atoms with Gasteiger partial charge in [0.25, 0.3) is 5.56 Å². The predicted molar refractivity (Wildman–Crippen MR) is 91.9 cm³/mol. The van der Waals surface area contributed by atoms with Crippen LogP contribution in [0.15, 0.2) is 41.6 Å². The number of aryl methyl sites for hydroxylation is 1. The average molecular weight is 382 g/mol. The second-order valence-electron chi connectivity index (χ2n) is 6.65. The van der Waals surface area contributed by atoms with Gasteiger partial charge in [-0.3, -0.25) is 14.3 Å². The van der Waals surface area contributed by atoms with Crippen LogP contribution in [0.4, 0.5) is 13.2 Å². The minimum absolute atomic E-state index is 0.00282. The average Bonchev–Trinajstić information content (AvgIpc) is 3.14. The summed E-state index contributed by atoms with van der Waals surface area (Å²) in [7, 11) is 0. The molecule has 0 radical (unpaired) electrons. The van der Waals surface area contributed by atoms with Crippen LogP contribution >= 0.6 is 0 Å². The minimum Gasteiger partial charge on any atom is -0.338 e. The van der Waals surface area contributed by atoms with Gasteiger partial charge in [-0.1, -0.05) is 0 Å². The molecule has 0 spiro atoms.